The number of aromatic nitrogens is 1. The summed E-state index contributed by atoms with van der Waals surface area (Å²) in [5.41, 5.74) is 2.58. The third kappa shape index (κ3) is 3.19. The van der Waals surface area contributed by atoms with Crippen molar-refractivity contribution in [1.29, 1.82) is 0 Å². The van der Waals surface area contributed by atoms with E-state index in [1.807, 2.05) is 19.1 Å². The van der Waals surface area contributed by atoms with Gasteiger partial charge in [0.15, 0.2) is 0 Å². The van der Waals surface area contributed by atoms with E-state index in [-0.39, 0.29) is 16.3 Å². The maximum atomic E-state index is 13.4. The van der Waals surface area contributed by atoms with Crippen LogP contribution in [0.2, 0.25) is 0 Å². The summed E-state index contributed by atoms with van der Waals surface area (Å²) in [5.74, 6) is 0. The summed E-state index contributed by atoms with van der Waals surface area (Å²) in [6, 6.07) is 11.6. The van der Waals surface area contributed by atoms with Crippen LogP contribution in [0.4, 0.5) is 5.69 Å². The maximum absolute atomic E-state index is 13.4. The van der Waals surface area contributed by atoms with Gasteiger partial charge in [-0.05, 0) is 54.8 Å². The molecule has 7 nitrogen and oxygen atoms in total. The van der Waals surface area contributed by atoms with E-state index in [0.29, 0.717) is 23.2 Å². The number of fused-ring (bicyclic) bond motifs is 2. The fourth-order valence-electron chi connectivity index (χ4n) is 3.54. The Labute approximate surface area is 170 Å². The highest BCUT2D eigenvalue weighted by atomic mass is 32.2. The Balaban J connectivity index is 1.81. The molecule has 29 heavy (non-hydrogen) atoms. The normalized spacial score (nSPS) is 14.6. The predicted octanol–water partition coefficient (Wildman–Crippen LogP) is 2.54. The maximum Gasteiger partial charge on any atom is 0.266 e. The second kappa shape index (κ2) is 6.79. The molecule has 2 aromatic carbocycles. The predicted molar refractivity (Wildman–Crippen MR) is 112 cm³/mol. The SMILES string of the molecule is Cc1cnc2c(S(=O)(=O)N3CCc4cc(S(=O)(=O)N(C)C)ccc43)cccc2c1. The second-order valence-corrected chi connectivity index (χ2v) is 11.2. The Bertz CT molecular complexity index is 1330. The van der Waals surface area contributed by atoms with E-state index in [2.05, 4.69) is 4.98 Å². The highest BCUT2D eigenvalue weighted by Crippen LogP contribution is 2.36. The number of sulfonamides is 2. The lowest BCUT2D eigenvalue weighted by atomic mass is 10.2. The van der Waals surface area contributed by atoms with Crippen molar-refractivity contribution >= 4 is 36.6 Å². The molecule has 0 fully saturated rings. The zero-order valence-corrected chi connectivity index (χ0v) is 18.0. The Kier molecular flexibility index (Phi) is 4.64. The quantitative estimate of drug-likeness (QED) is 0.634. The molecule has 1 aromatic heterocycles. The summed E-state index contributed by atoms with van der Waals surface area (Å²) < 4.78 is 54.2. The van der Waals surface area contributed by atoms with E-state index in [4.69, 9.17) is 0 Å². The molecular weight excluding hydrogens is 410 g/mol. The van der Waals surface area contributed by atoms with Crippen LogP contribution in [-0.2, 0) is 26.5 Å². The van der Waals surface area contributed by atoms with Crippen LogP contribution in [0.5, 0.6) is 0 Å². The fraction of sp³-hybridized carbons (Fsp3) is 0.250. The van der Waals surface area contributed by atoms with Gasteiger partial charge in [-0.25, -0.2) is 21.1 Å². The Morgan fingerprint density at radius 3 is 2.52 bits per heavy atom. The Hall–Kier alpha value is -2.49. The molecule has 4 rings (SSSR count). The van der Waals surface area contributed by atoms with Crippen LogP contribution in [0.3, 0.4) is 0 Å². The van der Waals surface area contributed by atoms with Gasteiger partial charge in [-0.1, -0.05) is 12.1 Å². The van der Waals surface area contributed by atoms with E-state index in [1.54, 1.807) is 30.5 Å². The van der Waals surface area contributed by atoms with Gasteiger partial charge in [0, 0.05) is 32.2 Å². The third-order valence-corrected chi connectivity index (χ3v) is 8.72. The molecule has 0 radical (unpaired) electrons. The summed E-state index contributed by atoms with van der Waals surface area (Å²) in [6.45, 7) is 2.16. The van der Waals surface area contributed by atoms with Gasteiger partial charge in [0.05, 0.1) is 16.1 Å². The zero-order chi connectivity index (χ0) is 21.0. The van der Waals surface area contributed by atoms with Crippen LogP contribution < -0.4 is 4.31 Å². The highest BCUT2D eigenvalue weighted by Gasteiger charge is 2.33. The van der Waals surface area contributed by atoms with E-state index < -0.39 is 20.0 Å². The molecule has 0 spiro atoms. The second-order valence-electron chi connectivity index (χ2n) is 7.25. The van der Waals surface area contributed by atoms with Crippen LogP contribution in [0, 0.1) is 6.92 Å². The molecule has 9 heteroatoms. The summed E-state index contributed by atoms with van der Waals surface area (Å²) >= 11 is 0. The molecule has 0 N–H and O–H groups in total. The summed E-state index contributed by atoms with van der Waals surface area (Å²) in [5, 5.41) is 0.762. The van der Waals surface area contributed by atoms with Gasteiger partial charge in [0.1, 0.15) is 4.90 Å². The Morgan fingerprint density at radius 2 is 1.79 bits per heavy atom. The number of para-hydroxylation sites is 1. The molecule has 1 aliphatic rings. The number of anilines is 1. The molecule has 0 atom stereocenters. The van der Waals surface area contributed by atoms with Crippen molar-refractivity contribution in [2.45, 2.75) is 23.1 Å². The van der Waals surface area contributed by atoms with Gasteiger partial charge < -0.3 is 0 Å². The molecule has 2 heterocycles. The van der Waals surface area contributed by atoms with Crippen molar-refractivity contribution in [2.75, 3.05) is 24.9 Å². The minimum Gasteiger partial charge on any atom is -0.266 e. The van der Waals surface area contributed by atoms with Gasteiger partial charge in [-0.3, -0.25) is 9.29 Å². The van der Waals surface area contributed by atoms with Crippen molar-refractivity contribution < 1.29 is 16.8 Å². The first-order valence-electron chi connectivity index (χ1n) is 9.06. The van der Waals surface area contributed by atoms with Gasteiger partial charge in [-0.2, -0.15) is 0 Å². The summed E-state index contributed by atoms with van der Waals surface area (Å²) in [7, 11) is -4.49. The zero-order valence-electron chi connectivity index (χ0n) is 16.3. The molecule has 152 valence electrons. The molecule has 0 unspecified atom stereocenters. The number of aryl methyl sites for hydroxylation is 1. The van der Waals surface area contributed by atoms with Crippen molar-refractivity contribution in [2.24, 2.45) is 0 Å². The van der Waals surface area contributed by atoms with E-state index in [0.717, 1.165) is 15.3 Å². The largest absolute Gasteiger partial charge is 0.266 e. The summed E-state index contributed by atoms with van der Waals surface area (Å²) in [4.78, 5) is 4.65. The Morgan fingerprint density at radius 1 is 1.03 bits per heavy atom. The average Bonchev–Trinajstić information content (AvgIpc) is 3.11. The molecule has 0 bridgehead atoms. The number of hydrogen-bond donors (Lipinski definition) is 0. The molecular formula is C20H21N3O4S2. The smallest absolute Gasteiger partial charge is 0.266 e. The fourth-order valence-corrected chi connectivity index (χ4v) is 6.16. The van der Waals surface area contributed by atoms with Gasteiger partial charge in [0.25, 0.3) is 10.0 Å². The van der Waals surface area contributed by atoms with Crippen molar-refractivity contribution in [3.05, 3.63) is 59.8 Å². The van der Waals surface area contributed by atoms with E-state index in [9.17, 15) is 16.8 Å². The van der Waals surface area contributed by atoms with Crippen LogP contribution >= 0.6 is 0 Å². The lowest BCUT2D eigenvalue weighted by Crippen LogP contribution is -2.29. The monoisotopic (exact) mass is 431 g/mol. The van der Waals surface area contributed by atoms with Crippen molar-refractivity contribution in [3.63, 3.8) is 0 Å². The lowest BCUT2D eigenvalue weighted by Gasteiger charge is -2.21. The molecule has 3 aromatic rings. The van der Waals surface area contributed by atoms with Crippen molar-refractivity contribution in [1.82, 2.24) is 9.29 Å². The third-order valence-electron chi connectivity index (χ3n) is 5.06. The van der Waals surface area contributed by atoms with Crippen LogP contribution in [0.25, 0.3) is 10.9 Å². The van der Waals surface area contributed by atoms with E-state index >= 15 is 0 Å². The number of hydrogen-bond acceptors (Lipinski definition) is 5. The highest BCUT2D eigenvalue weighted by molar-refractivity contribution is 7.93. The first-order valence-corrected chi connectivity index (χ1v) is 11.9. The molecule has 1 aliphatic heterocycles. The number of pyridine rings is 1. The number of nitrogens with zero attached hydrogens (tertiary/aromatic N) is 3. The topological polar surface area (TPSA) is 87.6 Å². The minimum absolute atomic E-state index is 0.146. The number of rotatable bonds is 4. The standard InChI is InChI=1S/C20H21N3O4S2/c1-14-11-16-5-4-6-19(20(16)21-13-14)29(26,27)23-10-9-15-12-17(7-8-18(15)23)28(24,25)22(2)3/h4-8,11-13H,9-10H2,1-3H3. The first kappa shape index (κ1) is 19.8. The lowest BCUT2D eigenvalue weighted by molar-refractivity contribution is 0.520. The van der Waals surface area contributed by atoms with Crippen LogP contribution in [-0.4, -0.2) is 46.8 Å². The molecule has 0 aliphatic carbocycles. The van der Waals surface area contributed by atoms with Crippen LogP contribution in [0.1, 0.15) is 11.1 Å². The molecule has 0 saturated heterocycles. The van der Waals surface area contributed by atoms with Gasteiger partial charge in [0.2, 0.25) is 10.0 Å². The summed E-state index contributed by atoms with van der Waals surface area (Å²) in [6.07, 6.45) is 2.10. The van der Waals surface area contributed by atoms with Gasteiger partial charge in [-0.15, -0.1) is 0 Å². The molecule has 0 amide bonds. The van der Waals surface area contributed by atoms with Crippen molar-refractivity contribution in [3.8, 4) is 0 Å². The van der Waals surface area contributed by atoms with Gasteiger partial charge >= 0.3 is 0 Å². The molecule has 0 saturated carbocycles. The van der Waals surface area contributed by atoms with E-state index in [1.165, 1.54) is 24.5 Å². The average molecular weight is 432 g/mol. The minimum atomic E-state index is -3.85. The van der Waals surface area contributed by atoms with Crippen LogP contribution in [0.15, 0.2) is 58.5 Å². The number of benzene rings is 2. The first-order chi connectivity index (χ1) is 13.6.